The van der Waals surface area contributed by atoms with Gasteiger partial charge >= 0.3 is 7.82 Å². The van der Waals surface area contributed by atoms with Crippen molar-refractivity contribution in [3.05, 3.63) is 53.5 Å². The van der Waals surface area contributed by atoms with Gasteiger partial charge in [-0.05, 0) is 43.2 Å². The Morgan fingerprint density at radius 2 is 1.56 bits per heavy atom. The molecule has 1 aromatic carbocycles. The fourth-order valence-electron chi connectivity index (χ4n) is 7.37. The summed E-state index contributed by atoms with van der Waals surface area (Å²) in [5.41, 5.74) is 6.49. The first-order valence-electron chi connectivity index (χ1n) is 20.9. The number of benzene rings is 1. The smallest absolute Gasteiger partial charge is 0.472 e. The summed E-state index contributed by atoms with van der Waals surface area (Å²) in [5, 5.41) is 35.4. The van der Waals surface area contributed by atoms with Crippen molar-refractivity contribution in [1.29, 1.82) is 5.26 Å². The molecule has 0 radical (unpaired) electrons. The highest BCUT2D eigenvalue weighted by molar-refractivity contribution is 7.47. The Morgan fingerprint density at radius 3 is 2.16 bits per heavy atom. The number of aliphatic hydroxyl groups is 2. The van der Waals surface area contributed by atoms with Crippen LogP contribution in [0.5, 0.6) is 5.75 Å². The lowest BCUT2D eigenvalue weighted by Crippen LogP contribution is -2.44. The molecule has 3 heterocycles. The van der Waals surface area contributed by atoms with Gasteiger partial charge in [-0.3, -0.25) is 9.05 Å². The quantitative estimate of drug-likeness (QED) is 0.0384. The number of unbranched alkanes of at least 4 members (excludes halogenated alkanes) is 16. The molecule has 0 saturated carbocycles. The average molecular weight is 816 g/mol. The predicted molar refractivity (Wildman–Crippen MR) is 218 cm³/mol. The van der Waals surface area contributed by atoms with Gasteiger partial charge in [-0.1, -0.05) is 122 Å². The zero-order valence-electron chi connectivity index (χ0n) is 34.2. The number of phosphoric ester groups is 1. The first-order valence-corrected chi connectivity index (χ1v) is 22.4. The maximum absolute atomic E-state index is 13.2. The lowest BCUT2D eigenvalue weighted by Gasteiger charge is -2.28. The summed E-state index contributed by atoms with van der Waals surface area (Å²) in [4.78, 5) is 14.7. The number of nitriles is 1. The van der Waals surface area contributed by atoms with E-state index < -0.39 is 44.4 Å². The second-order valence-corrected chi connectivity index (χ2v) is 17.0. The van der Waals surface area contributed by atoms with E-state index in [1.54, 1.807) is 30.3 Å². The Morgan fingerprint density at radius 1 is 0.947 bits per heavy atom. The van der Waals surface area contributed by atoms with Gasteiger partial charge in [0.2, 0.25) is 0 Å². The molecule has 318 valence electrons. The van der Waals surface area contributed by atoms with E-state index in [1.165, 1.54) is 115 Å². The lowest BCUT2D eigenvalue weighted by molar-refractivity contribution is -0.101. The van der Waals surface area contributed by atoms with E-state index in [4.69, 9.17) is 29.0 Å². The zero-order chi connectivity index (χ0) is 41.1. The van der Waals surface area contributed by atoms with Crippen LogP contribution < -0.4 is 10.5 Å². The van der Waals surface area contributed by atoms with E-state index in [0.29, 0.717) is 28.9 Å². The Hall–Kier alpha value is -3.12. The van der Waals surface area contributed by atoms with Crippen molar-refractivity contribution in [3.63, 3.8) is 0 Å². The number of nitrogens with zero attached hydrogens (tertiary/aromatic N) is 4. The number of hydrogen-bond donors (Lipinski definition) is 4. The molecule has 2 aromatic heterocycles. The number of aromatic nitrogens is 3. The highest BCUT2D eigenvalue weighted by Crippen LogP contribution is 2.48. The molecule has 15 heteroatoms. The number of nitrogen functional groups attached to an aromatic ring is 1. The van der Waals surface area contributed by atoms with Crippen LogP contribution >= 0.6 is 7.82 Å². The van der Waals surface area contributed by atoms with Crippen molar-refractivity contribution in [3.8, 4) is 11.8 Å². The third kappa shape index (κ3) is 14.6. The molecule has 1 aliphatic rings. The molecule has 1 aliphatic heterocycles. The van der Waals surface area contributed by atoms with E-state index >= 15 is 0 Å². The van der Waals surface area contributed by atoms with Gasteiger partial charge in [-0.2, -0.15) is 10.4 Å². The van der Waals surface area contributed by atoms with Gasteiger partial charge in [0.05, 0.1) is 44.3 Å². The van der Waals surface area contributed by atoms with Crippen LogP contribution in [-0.2, 0) is 29.7 Å². The fraction of sp³-hybridized carbons (Fsp3) is 0.690. The van der Waals surface area contributed by atoms with Gasteiger partial charge in [-0.25, -0.2) is 14.1 Å². The number of phosphoric acid groups is 1. The molecule has 0 amide bonds. The largest absolute Gasteiger partial charge is 0.495 e. The van der Waals surface area contributed by atoms with Gasteiger partial charge in [0.1, 0.15) is 47.6 Å². The molecule has 0 bridgehead atoms. The van der Waals surface area contributed by atoms with E-state index in [2.05, 4.69) is 23.1 Å². The first kappa shape index (κ1) is 46.6. The van der Waals surface area contributed by atoms with Gasteiger partial charge in [0, 0.05) is 0 Å². The SMILES string of the molecule is CCCCCCCCCCCCCCCCCCC[C@H](COP(=O)(O)OC[C@@]1(C)O[C@@H](c2ccc3c(N)ncnn23)[C@H](O)[C@@H]1O)OCc1ccc(C#N)c(OC)c1. The number of aliphatic hydroxyl groups excluding tert-OH is 2. The summed E-state index contributed by atoms with van der Waals surface area (Å²) >= 11 is 0. The van der Waals surface area contributed by atoms with Gasteiger partial charge in [-0.15, -0.1) is 0 Å². The van der Waals surface area contributed by atoms with Crippen molar-refractivity contribution in [2.24, 2.45) is 0 Å². The molecular formula is C42H66N5O9P. The number of rotatable bonds is 29. The minimum absolute atomic E-state index is 0.175. The maximum atomic E-state index is 13.2. The Labute approximate surface area is 338 Å². The van der Waals surface area contributed by atoms with Crippen molar-refractivity contribution < 1.29 is 42.9 Å². The van der Waals surface area contributed by atoms with E-state index in [9.17, 15) is 24.9 Å². The number of methoxy groups -OCH3 is 1. The summed E-state index contributed by atoms with van der Waals surface area (Å²) < 4.78 is 43.0. The van der Waals surface area contributed by atoms with E-state index in [1.807, 2.05) is 0 Å². The summed E-state index contributed by atoms with van der Waals surface area (Å²) in [5.74, 6) is 0.672. The fourth-order valence-corrected chi connectivity index (χ4v) is 8.22. The van der Waals surface area contributed by atoms with Crippen molar-refractivity contribution in [2.75, 3.05) is 26.1 Å². The lowest BCUT2D eigenvalue weighted by atomic mass is 9.97. The number of fused-ring (bicyclic) bond motifs is 1. The van der Waals surface area contributed by atoms with Crippen LogP contribution in [0.25, 0.3) is 5.52 Å². The summed E-state index contributed by atoms with van der Waals surface area (Å²) in [6.07, 6.45) is 19.0. The number of nitrogens with two attached hydrogens (primary N) is 1. The first-order chi connectivity index (χ1) is 27.5. The topological polar surface area (TPSA) is 204 Å². The van der Waals surface area contributed by atoms with Crippen LogP contribution in [0.3, 0.4) is 0 Å². The molecule has 1 unspecified atom stereocenters. The molecule has 6 atom stereocenters. The highest BCUT2D eigenvalue weighted by atomic mass is 31.2. The molecule has 14 nitrogen and oxygen atoms in total. The standard InChI is InChI=1S/C42H66N5O9P/c1-4-5-6-7-8-9-10-11-12-13-14-15-16-17-18-19-20-21-34(53-28-32-22-23-33(27-43)37(26-32)52-3)29-54-57(50,51)55-30-42(2)40(49)38(48)39(56-42)35-24-25-36-41(44)45-31-46-47(35)36/h22-26,31,34,38-40,48-49H,4-21,28-30H2,1-3H3,(H,50,51)(H2,44,45,46)/t34-,38+,39+,40+,42-/m1/s1. The monoisotopic (exact) mass is 815 g/mol. The van der Waals surface area contributed by atoms with E-state index in [-0.39, 0.29) is 19.0 Å². The summed E-state index contributed by atoms with van der Waals surface area (Å²) in [7, 11) is -3.16. The third-order valence-electron chi connectivity index (χ3n) is 10.9. The Bertz CT molecular complexity index is 1720. The van der Waals surface area contributed by atoms with Crippen LogP contribution in [0.2, 0.25) is 0 Å². The highest BCUT2D eigenvalue weighted by Gasteiger charge is 2.53. The molecule has 5 N–H and O–H groups in total. The summed E-state index contributed by atoms with van der Waals surface area (Å²) in [6, 6.07) is 10.6. The molecular weight excluding hydrogens is 749 g/mol. The maximum Gasteiger partial charge on any atom is 0.472 e. The molecule has 1 saturated heterocycles. The van der Waals surface area contributed by atoms with Gasteiger partial charge in [0.25, 0.3) is 0 Å². The molecule has 4 rings (SSSR count). The Kier molecular flexibility index (Phi) is 19.7. The summed E-state index contributed by atoms with van der Waals surface area (Å²) in [6.45, 7) is 3.15. The van der Waals surface area contributed by atoms with Crippen molar-refractivity contribution in [1.82, 2.24) is 14.6 Å². The van der Waals surface area contributed by atoms with Gasteiger partial charge < -0.3 is 35.1 Å². The van der Waals surface area contributed by atoms with Crippen LogP contribution in [0.1, 0.15) is 152 Å². The molecule has 0 spiro atoms. The van der Waals surface area contributed by atoms with Crippen molar-refractivity contribution in [2.45, 2.75) is 166 Å². The van der Waals surface area contributed by atoms with E-state index in [0.717, 1.165) is 24.8 Å². The van der Waals surface area contributed by atoms with Crippen LogP contribution in [-0.4, -0.2) is 73.9 Å². The molecule has 0 aliphatic carbocycles. The van der Waals surface area contributed by atoms with Gasteiger partial charge in [0.15, 0.2) is 5.82 Å². The Balaban J connectivity index is 1.21. The minimum Gasteiger partial charge on any atom is -0.495 e. The molecule has 57 heavy (non-hydrogen) atoms. The van der Waals surface area contributed by atoms with Crippen LogP contribution in [0.4, 0.5) is 5.82 Å². The van der Waals surface area contributed by atoms with Crippen molar-refractivity contribution >= 4 is 19.2 Å². The zero-order valence-corrected chi connectivity index (χ0v) is 35.1. The number of hydrogen-bond acceptors (Lipinski definition) is 12. The number of anilines is 1. The molecule has 3 aromatic rings. The molecule has 1 fully saturated rings. The second kappa shape index (κ2) is 24.1. The van der Waals surface area contributed by atoms with Crippen LogP contribution in [0.15, 0.2) is 36.7 Å². The normalized spacial score (nSPS) is 21.1. The third-order valence-corrected chi connectivity index (χ3v) is 11.8. The minimum atomic E-state index is -4.66. The predicted octanol–water partition coefficient (Wildman–Crippen LogP) is 8.50. The average Bonchev–Trinajstić information content (AvgIpc) is 3.74. The second-order valence-electron chi connectivity index (χ2n) is 15.5. The number of ether oxygens (including phenoxy) is 3. The van der Waals surface area contributed by atoms with Crippen LogP contribution in [0, 0.1) is 11.3 Å².